The SMILES string of the molecule is Fc1ccc(N(c2ccccc2)c2ccc(-c3cccc4c(-c5ccccc5)c(-c5ccccc5)c(-c5ccccc5)c(-c5ccccc5)c34)c3ccccc23)cc1. The molecule has 0 spiro atoms. The molecule has 10 aromatic carbocycles. The van der Waals surface area contributed by atoms with Crippen molar-refractivity contribution in [3.63, 3.8) is 0 Å². The Hall–Kier alpha value is -7.55. The molecule has 58 heavy (non-hydrogen) atoms. The lowest BCUT2D eigenvalue weighted by atomic mass is 9.77. The molecule has 0 atom stereocenters. The summed E-state index contributed by atoms with van der Waals surface area (Å²) in [6.45, 7) is 0. The maximum Gasteiger partial charge on any atom is 0.123 e. The van der Waals surface area contributed by atoms with Gasteiger partial charge in [-0.2, -0.15) is 0 Å². The van der Waals surface area contributed by atoms with Crippen LogP contribution in [0.2, 0.25) is 0 Å². The molecule has 0 bridgehead atoms. The number of hydrogen-bond donors (Lipinski definition) is 0. The van der Waals surface area contributed by atoms with Crippen molar-refractivity contribution < 1.29 is 4.39 Å². The second-order valence-electron chi connectivity index (χ2n) is 14.5. The second-order valence-corrected chi connectivity index (χ2v) is 14.5. The number of hydrogen-bond acceptors (Lipinski definition) is 1. The minimum absolute atomic E-state index is 0.262. The smallest absolute Gasteiger partial charge is 0.123 e. The Labute approximate surface area is 338 Å². The molecule has 10 aromatic rings. The van der Waals surface area contributed by atoms with E-state index in [9.17, 15) is 4.39 Å². The highest BCUT2D eigenvalue weighted by molar-refractivity contribution is 6.23. The molecule has 10 rings (SSSR count). The average Bonchev–Trinajstić information content (AvgIpc) is 3.30. The van der Waals surface area contributed by atoms with Crippen molar-refractivity contribution in [2.75, 3.05) is 4.90 Å². The zero-order chi connectivity index (χ0) is 38.8. The van der Waals surface area contributed by atoms with Crippen LogP contribution < -0.4 is 4.90 Å². The first kappa shape index (κ1) is 34.9. The Bertz CT molecular complexity index is 3020. The van der Waals surface area contributed by atoms with Crippen molar-refractivity contribution in [3.8, 4) is 55.6 Å². The fourth-order valence-electron chi connectivity index (χ4n) is 8.66. The summed E-state index contributed by atoms with van der Waals surface area (Å²) in [5.74, 6) is -0.262. The molecule has 274 valence electrons. The number of rotatable bonds is 8. The maximum absolute atomic E-state index is 14.3. The van der Waals surface area contributed by atoms with E-state index in [1.807, 2.05) is 30.3 Å². The van der Waals surface area contributed by atoms with Gasteiger partial charge < -0.3 is 4.90 Å². The maximum atomic E-state index is 14.3. The van der Waals surface area contributed by atoms with Crippen molar-refractivity contribution in [2.24, 2.45) is 0 Å². The summed E-state index contributed by atoms with van der Waals surface area (Å²) in [5.41, 5.74) is 14.6. The van der Waals surface area contributed by atoms with Crippen LogP contribution in [0.3, 0.4) is 0 Å². The van der Waals surface area contributed by atoms with Crippen LogP contribution in [0.4, 0.5) is 21.5 Å². The van der Waals surface area contributed by atoms with E-state index in [1.54, 1.807) is 0 Å². The summed E-state index contributed by atoms with van der Waals surface area (Å²) in [5, 5.41) is 4.61. The number of fused-ring (bicyclic) bond motifs is 2. The monoisotopic (exact) mass is 743 g/mol. The Balaban J connectivity index is 1.35. The third-order valence-corrected chi connectivity index (χ3v) is 11.1. The normalized spacial score (nSPS) is 11.2. The van der Waals surface area contributed by atoms with Crippen molar-refractivity contribution in [1.29, 1.82) is 0 Å². The highest BCUT2D eigenvalue weighted by Gasteiger charge is 2.26. The summed E-state index contributed by atoms with van der Waals surface area (Å²) in [7, 11) is 0. The zero-order valence-electron chi connectivity index (χ0n) is 31.8. The third kappa shape index (κ3) is 6.22. The van der Waals surface area contributed by atoms with Gasteiger partial charge in [-0.25, -0.2) is 4.39 Å². The van der Waals surface area contributed by atoms with E-state index < -0.39 is 0 Å². The van der Waals surface area contributed by atoms with E-state index in [-0.39, 0.29) is 5.82 Å². The van der Waals surface area contributed by atoms with Crippen LogP contribution in [-0.4, -0.2) is 0 Å². The lowest BCUT2D eigenvalue weighted by molar-refractivity contribution is 0.628. The summed E-state index contributed by atoms with van der Waals surface area (Å²) >= 11 is 0. The van der Waals surface area contributed by atoms with Gasteiger partial charge in [0.2, 0.25) is 0 Å². The second kappa shape index (κ2) is 15.2. The molecule has 0 saturated carbocycles. The van der Waals surface area contributed by atoms with Crippen LogP contribution in [0.25, 0.3) is 77.2 Å². The van der Waals surface area contributed by atoms with Gasteiger partial charge in [0.25, 0.3) is 0 Å². The third-order valence-electron chi connectivity index (χ3n) is 11.1. The van der Waals surface area contributed by atoms with Gasteiger partial charge in [0.05, 0.1) is 5.69 Å². The van der Waals surface area contributed by atoms with Crippen molar-refractivity contribution in [2.45, 2.75) is 0 Å². The van der Waals surface area contributed by atoms with E-state index in [0.717, 1.165) is 50.1 Å². The molecular formula is C56H38FN. The van der Waals surface area contributed by atoms with E-state index in [0.29, 0.717) is 0 Å². The highest BCUT2D eigenvalue weighted by Crippen LogP contribution is 2.53. The van der Waals surface area contributed by atoms with Crippen LogP contribution in [0.1, 0.15) is 0 Å². The van der Waals surface area contributed by atoms with Crippen LogP contribution in [0.5, 0.6) is 0 Å². The lowest BCUT2D eigenvalue weighted by Crippen LogP contribution is -2.10. The van der Waals surface area contributed by atoms with Crippen molar-refractivity contribution in [3.05, 3.63) is 236 Å². The predicted molar refractivity (Wildman–Crippen MR) is 243 cm³/mol. The first-order valence-corrected chi connectivity index (χ1v) is 19.7. The zero-order valence-corrected chi connectivity index (χ0v) is 31.8. The molecule has 1 nitrogen and oxygen atoms in total. The van der Waals surface area contributed by atoms with Gasteiger partial charge in [0, 0.05) is 16.8 Å². The average molecular weight is 744 g/mol. The molecule has 0 unspecified atom stereocenters. The molecule has 0 fully saturated rings. The van der Waals surface area contributed by atoms with E-state index in [4.69, 9.17) is 0 Å². The highest BCUT2D eigenvalue weighted by atomic mass is 19.1. The molecule has 2 heteroatoms. The molecule has 0 heterocycles. The molecular weight excluding hydrogens is 706 g/mol. The molecule has 0 aliphatic heterocycles. The largest absolute Gasteiger partial charge is 0.310 e. The topological polar surface area (TPSA) is 3.24 Å². The Morgan fingerprint density at radius 2 is 0.707 bits per heavy atom. The summed E-state index contributed by atoms with van der Waals surface area (Å²) in [4.78, 5) is 2.22. The first-order valence-electron chi connectivity index (χ1n) is 19.7. The number of halogens is 1. The quantitative estimate of drug-likeness (QED) is 0.150. The molecule has 0 aliphatic rings. The van der Waals surface area contributed by atoms with E-state index in [2.05, 4.69) is 193 Å². The van der Waals surface area contributed by atoms with Gasteiger partial charge in [-0.3, -0.25) is 0 Å². The number of benzene rings is 10. The Morgan fingerprint density at radius 3 is 1.28 bits per heavy atom. The van der Waals surface area contributed by atoms with Crippen LogP contribution in [-0.2, 0) is 0 Å². The van der Waals surface area contributed by atoms with Gasteiger partial charge in [-0.15, -0.1) is 0 Å². The molecule has 0 saturated heterocycles. The van der Waals surface area contributed by atoms with E-state index >= 15 is 0 Å². The first-order chi connectivity index (χ1) is 28.7. The van der Waals surface area contributed by atoms with Gasteiger partial charge in [-0.1, -0.05) is 188 Å². The van der Waals surface area contributed by atoms with Gasteiger partial charge >= 0.3 is 0 Å². The molecule has 0 aromatic heterocycles. The number of anilines is 3. The van der Waals surface area contributed by atoms with Crippen molar-refractivity contribution >= 4 is 38.6 Å². The predicted octanol–water partition coefficient (Wildman–Crippen LogP) is 15.9. The molecule has 0 radical (unpaired) electrons. The van der Waals surface area contributed by atoms with Crippen LogP contribution >= 0.6 is 0 Å². The molecule has 0 aliphatic carbocycles. The number of nitrogens with zero attached hydrogens (tertiary/aromatic N) is 1. The minimum Gasteiger partial charge on any atom is -0.310 e. The van der Waals surface area contributed by atoms with Gasteiger partial charge in [-0.05, 0) is 114 Å². The Kier molecular flexibility index (Phi) is 9.13. The van der Waals surface area contributed by atoms with E-state index in [1.165, 1.54) is 56.3 Å². The lowest BCUT2D eigenvalue weighted by Gasteiger charge is -2.28. The van der Waals surface area contributed by atoms with Gasteiger partial charge in [0.1, 0.15) is 5.82 Å². The fourth-order valence-corrected chi connectivity index (χ4v) is 8.66. The molecule has 0 amide bonds. The Morgan fingerprint density at radius 1 is 0.276 bits per heavy atom. The summed E-state index contributed by atoms with van der Waals surface area (Å²) in [6.07, 6.45) is 0. The standard InChI is InChI=1S/C56H38FN/c57-43-33-35-45(36-34-43)58(44-27-14-5-15-28-44)51-38-37-47(46-29-16-17-30-48(46)51)49-31-18-32-50-52(39-19-6-1-7-20-39)53(40-21-8-2-9-22-40)54(41-23-10-3-11-24-41)55(56(49)50)42-25-12-4-13-26-42/h1-38H. The van der Waals surface area contributed by atoms with Crippen LogP contribution in [0.15, 0.2) is 231 Å². The minimum atomic E-state index is -0.262. The van der Waals surface area contributed by atoms with Crippen molar-refractivity contribution in [1.82, 2.24) is 0 Å². The fraction of sp³-hybridized carbons (Fsp3) is 0. The molecule has 0 N–H and O–H groups in total. The van der Waals surface area contributed by atoms with Gasteiger partial charge in [0.15, 0.2) is 0 Å². The summed E-state index contributed by atoms with van der Waals surface area (Å²) in [6, 6.07) is 80.5. The summed E-state index contributed by atoms with van der Waals surface area (Å²) < 4.78 is 14.3. The number of para-hydroxylation sites is 1. The van der Waals surface area contributed by atoms with Crippen LogP contribution in [0, 0.1) is 5.82 Å².